The number of ether oxygens (including phenoxy) is 2. The third-order valence-corrected chi connectivity index (χ3v) is 6.13. The number of nitrogens with zero attached hydrogens (tertiary/aromatic N) is 1. The first kappa shape index (κ1) is 23.6. The summed E-state index contributed by atoms with van der Waals surface area (Å²) in [5.41, 5.74) is 0.813. The van der Waals surface area contributed by atoms with Crippen molar-refractivity contribution in [3.8, 4) is 5.75 Å². The molecule has 2 N–H and O–H groups in total. The van der Waals surface area contributed by atoms with Gasteiger partial charge in [0.25, 0.3) is 5.91 Å². The van der Waals surface area contributed by atoms with Crippen LogP contribution >= 0.6 is 0 Å². The van der Waals surface area contributed by atoms with Crippen molar-refractivity contribution in [1.82, 2.24) is 5.32 Å². The zero-order valence-corrected chi connectivity index (χ0v) is 18.9. The molecule has 1 fully saturated rings. The van der Waals surface area contributed by atoms with E-state index in [1.807, 2.05) is 0 Å². The number of amides is 2. The predicted octanol–water partition coefficient (Wildman–Crippen LogP) is 2.01. The highest BCUT2D eigenvalue weighted by atomic mass is 32.2. The van der Waals surface area contributed by atoms with Crippen LogP contribution in [0.5, 0.6) is 5.75 Å². The molecule has 0 radical (unpaired) electrons. The molecule has 1 heterocycles. The van der Waals surface area contributed by atoms with Crippen LogP contribution in [0.1, 0.15) is 23.2 Å². The van der Waals surface area contributed by atoms with Crippen molar-refractivity contribution in [2.75, 3.05) is 42.7 Å². The topological polar surface area (TPSA) is 114 Å². The minimum atomic E-state index is -3.78. The van der Waals surface area contributed by atoms with E-state index in [0.717, 1.165) is 23.4 Å². The molecule has 0 aliphatic carbocycles. The van der Waals surface area contributed by atoms with Crippen molar-refractivity contribution >= 4 is 33.2 Å². The maximum absolute atomic E-state index is 12.8. The zero-order valence-electron chi connectivity index (χ0n) is 18.0. The molecule has 9 nitrogen and oxygen atoms in total. The van der Waals surface area contributed by atoms with Crippen LogP contribution in [0, 0.1) is 0 Å². The van der Waals surface area contributed by atoms with Gasteiger partial charge < -0.3 is 20.1 Å². The van der Waals surface area contributed by atoms with E-state index in [2.05, 4.69) is 10.6 Å². The third kappa shape index (κ3) is 5.98. The van der Waals surface area contributed by atoms with Crippen LogP contribution in [-0.2, 0) is 19.6 Å². The summed E-state index contributed by atoms with van der Waals surface area (Å²) >= 11 is 0. The van der Waals surface area contributed by atoms with E-state index in [1.54, 1.807) is 48.5 Å². The molecule has 32 heavy (non-hydrogen) atoms. The lowest BCUT2D eigenvalue weighted by atomic mass is 10.1. The maximum Gasteiger partial charge on any atom is 0.253 e. The fourth-order valence-corrected chi connectivity index (χ4v) is 4.29. The van der Waals surface area contributed by atoms with Gasteiger partial charge in [0.05, 0.1) is 36.4 Å². The number of anilines is 2. The van der Waals surface area contributed by atoms with E-state index in [0.29, 0.717) is 18.9 Å². The number of methoxy groups -OCH3 is 1. The molecule has 1 saturated heterocycles. The minimum Gasteiger partial charge on any atom is -0.495 e. The second-order valence-corrected chi connectivity index (χ2v) is 9.29. The van der Waals surface area contributed by atoms with Crippen LogP contribution in [0.4, 0.5) is 11.4 Å². The first-order chi connectivity index (χ1) is 15.3. The van der Waals surface area contributed by atoms with Gasteiger partial charge >= 0.3 is 0 Å². The van der Waals surface area contributed by atoms with E-state index in [9.17, 15) is 18.0 Å². The Balaban J connectivity index is 1.74. The summed E-state index contributed by atoms with van der Waals surface area (Å²) in [4.78, 5) is 25.4. The van der Waals surface area contributed by atoms with Gasteiger partial charge in [0.1, 0.15) is 12.3 Å². The molecule has 0 saturated carbocycles. The predicted molar refractivity (Wildman–Crippen MR) is 122 cm³/mol. The number of benzene rings is 2. The van der Waals surface area contributed by atoms with Crippen molar-refractivity contribution in [3.05, 3.63) is 54.1 Å². The molecule has 0 spiro atoms. The lowest BCUT2D eigenvalue weighted by Gasteiger charge is -2.24. The lowest BCUT2D eigenvalue weighted by Crippen LogP contribution is -2.38. The Bertz CT molecular complexity index is 1070. The highest BCUT2D eigenvalue weighted by Crippen LogP contribution is 2.29. The van der Waals surface area contributed by atoms with E-state index in [-0.39, 0.29) is 28.9 Å². The molecule has 2 amide bonds. The van der Waals surface area contributed by atoms with Crippen molar-refractivity contribution in [2.24, 2.45) is 0 Å². The van der Waals surface area contributed by atoms with Gasteiger partial charge in [-0.2, -0.15) is 0 Å². The summed E-state index contributed by atoms with van der Waals surface area (Å²) in [5, 5.41) is 5.47. The smallest absolute Gasteiger partial charge is 0.253 e. The Morgan fingerprint density at radius 2 is 1.88 bits per heavy atom. The number of rotatable bonds is 9. The largest absolute Gasteiger partial charge is 0.495 e. The van der Waals surface area contributed by atoms with Gasteiger partial charge in [0, 0.05) is 13.2 Å². The number of nitrogens with one attached hydrogen (secondary N) is 2. The fraction of sp³-hybridized carbons (Fsp3) is 0.364. The van der Waals surface area contributed by atoms with Gasteiger partial charge in [-0.05, 0) is 37.1 Å². The molecule has 10 heteroatoms. The summed E-state index contributed by atoms with van der Waals surface area (Å²) in [5.74, 6) is -0.624. The lowest BCUT2D eigenvalue weighted by molar-refractivity contribution is -0.114. The Morgan fingerprint density at radius 3 is 2.56 bits per heavy atom. The van der Waals surface area contributed by atoms with Crippen LogP contribution in [0.2, 0.25) is 0 Å². The van der Waals surface area contributed by atoms with Crippen molar-refractivity contribution in [2.45, 2.75) is 18.9 Å². The monoisotopic (exact) mass is 461 g/mol. The van der Waals surface area contributed by atoms with Crippen LogP contribution in [0.3, 0.4) is 0 Å². The van der Waals surface area contributed by atoms with Crippen molar-refractivity contribution in [1.29, 1.82) is 0 Å². The molecule has 1 aliphatic rings. The van der Waals surface area contributed by atoms with Gasteiger partial charge in [-0.25, -0.2) is 8.42 Å². The van der Waals surface area contributed by atoms with Crippen LogP contribution < -0.4 is 19.7 Å². The van der Waals surface area contributed by atoms with Gasteiger partial charge in [-0.1, -0.05) is 24.3 Å². The summed E-state index contributed by atoms with van der Waals surface area (Å²) in [6, 6.07) is 13.1. The number of hydrogen-bond donors (Lipinski definition) is 2. The molecule has 3 rings (SSSR count). The van der Waals surface area contributed by atoms with E-state index < -0.39 is 22.5 Å². The van der Waals surface area contributed by atoms with Gasteiger partial charge in [-0.15, -0.1) is 0 Å². The molecule has 0 aromatic heterocycles. The van der Waals surface area contributed by atoms with E-state index in [4.69, 9.17) is 9.47 Å². The number of hydrogen-bond acceptors (Lipinski definition) is 6. The normalized spacial score (nSPS) is 15.8. The average molecular weight is 462 g/mol. The SMILES string of the molecule is COc1ccccc1N(CC(=O)Nc1ccccc1C(=O)NC[C@@H]1CCCO1)S(C)(=O)=O. The molecule has 1 atom stereocenters. The standard InChI is InChI=1S/C22H27N3O6S/c1-30-20-12-6-5-11-19(20)25(32(2,28)29)15-21(26)24-18-10-4-3-9-17(18)22(27)23-14-16-8-7-13-31-16/h3-6,9-12,16H,7-8,13-15H2,1-2H3,(H,23,27)(H,24,26)/t16-/m0/s1. The zero-order chi connectivity index (χ0) is 23.1. The Kier molecular flexibility index (Phi) is 7.70. The van der Waals surface area contributed by atoms with Crippen molar-refractivity contribution in [3.63, 3.8) is 0 Å². The molecule has 0 unspecified atom stereocenters. The summed E-state index contributed by atoms with van der Waals surface area (Å²) in [7, 11) is -2.36. The van der Waals surface area contributed by atoms with Gasteiger partial charge in [0.2, 0.25) is 15.9 Å². The first-order valence-corrected chi connectivity index (χ1v) is 12.0. The third-order valence-electron chi connectivity index (χ3n) is 5.00. The average Bonchev–Trinajstić information content (AvgIpc) is 3.29. The number of sulfonamides is 1. The summed E-state index contributed by atoms with van der Waals surface area (Å²) in [6.07, 6.45) is 2.86. The van der Waals surface area contributed by atoms with Crippen LogP contribution in [-0.4, -0.2) is 59.4 Å². The summed E-state index contributed by atoms with van der Waals surface area (Å²) in [6.45, 7) is 0.595. The highest BCUT2D eigenvalue weighted by Gasteiger charge is 2.25. The molecule has 2 aromatic rings. The molecular weight excluding hydrogens is 434 g/mol. The summed E-state index contributed by atoms with van der Waals surface area (Å²) < 4.78 is 36.5. The first-order valence-electron chi connectivity index (χ1n) is 10.2. The van der Waals surface area contributed by atoms with Crippen LogP contribution in [0.25, 0.3) is 0 Å². The molecule has 1 aliphatic heterocycles. The molecular formula is C22H27N3O6S. The van der Waals surface area contributed by atoms with Gasteiger partial charge in [-0.3, -0.25) is 13.9 Å². The van der Waals surface area contributed by atoms with E-state index >= 15 is 0 Å². The quantitative estimate of drug-likeness (QED) is 0.591. The Labute approximate surface area is 187 Å². The van der Waals surface area contributed by atoms with Crippen LogP contribution in [0.15, 0.2) is 48.5 Å². The van der Waals surface area contributed by atoms with Gasteiger partial charge in [0.15, 0.2) is 0 Å². The minimum absolute atomic E-state index is 0.00937. The second-order valence-electron chi connectivity index (χ2n) is 7.38. The number of para-hydroxylation sites is 3. The fourth-order valence-electron chi connectivity index (χ4n) is 3.43. The number of carbonyl (C=O) groups excluding carboxylic acids is 2. The Morgan fingerprint density at radius 1 is 1.16 bits per heavy atom. The molecule has 172 valence electrons. The second kappa shape index (κ2) is 10.5. The molecule has 2 aromatic carbocycles. The molecule has 0 bridgehead atoms. The van der Waals surface area contributed by atoms with Crippen molar-refractivity contribution < 1.29 is 27.5 Å². The Hall–Kier alpha value is -3.11. The maximum atomic E-state index is 12.8. The number of carbonyl (C=O) groups is 2. The highest BCUT2D eigenvalue weighted by molar-refractivity contribution is 7.92. The van der Waals surface area contributed by atoms with E-state index in [1.165, 1.54) is 7.11 Å².